The van der Waals surface area contributed by atoms with Gasteiger partial charge in [-0.05, 0) is 25.2 Å². The summed E-state index contributed by atoms with van der Waals surface area (Å²) in [7, 11) is 1.58. The Bertz CT molecular complexity index is 526. The summed E-state index contributed by atoms with van der Waals surface area (Å²) < 4.78 is 24.6. The highest BCUT2D eigenvalue weighted by Gasteiger charge is 2.32. The molecule has 0 aliphatic heterocycles. The molecule has 7 heteroatoms. The summed E-state index contributed by atoms with van der Waals surface area (Å²) in [5.41, 5.74) is 0. The third-order valence-corrected chi connectivity index (χ3v) is 4.76. The second-order valence-corrected chi connectivity index (χ2v) is 7.40. The normalized spacial score (nSPS) is 24.6. The van der Waals surface area contributed by atoms with E-state index >= 15 is 0 Å². The van der Waals surface area contributed by atoms with Crippen molar-refractivity contribution >= 4 is 19.7 Å². The van der Waals surface area contributed by atoms with E-state index in [0.717, 1.165) is 31.5 Å². The predicted octanol–water partition coefficient (Wildman–Crippen LogP) is 2.52. The Hall–Kier alpha value is -0.620. The van der Waals surface area contributed by atoms with Crippen LogP contribution in [0.25, 0.3) is 0 Å². The first-order valence-electron chi connectivity index (χ1n) is 6.33. The van der Waals surface area contributed by atoms with Gasteiger partial charge >= 0.3 is 0 Å². The Kier molecular flexibility index (Phi) is 3.96. The number of nitrogens with zero attached hydrogens (tertiary/aromatic N) is 3. The summed E-state index contributed by atoms with van der Waals surface area (Å²) in [6, 6.07) is 0. The standard InChI is InChI=1S/C11H18ClN3O2S/c1-3-7-15-10(9-6-4-5-8(9)2)13-14-11(15)18(12,16)17/h8-9H,3-7H2,1-2H3. The van der Waals surface area contributed by atoms with Crippen molar-refractivity contribution in [2.24, 2.45) is 5.92 Å². The third-order valence-electron chi connectivity index (χ3n) is 3.60. The molecule has 0 aromatic carbocycles. The molecule has 2 unspecified atom stereocenters. The molecule has 1 heterocycles. The summed E-state index contributed by atoms with van der Waals surface area (Å²) in [5, 5.41) is 7.75. The maximum atomic E-state index is 11.5. The lowest BCUT2D eigenvalue weighted by molar-refractivity contribution is 0.468. The van der Waals surface area contributed by atoms with Crippen molar-refractivity contribution < 1.29 is 8.42 Å². The van der Waals surface area contributed by atoms with Crippen molar-refractivity contribution in [2.45, 2.75) is 57.1 Å². The van der Waals surface area contributed by atoms with E-state index in [4.69, 9.17) is 10.7 Å². The topological polar surface area (TPSA) is 64.8 Å². The predicted molar refractivity (Wildman–Crippen MR) is 69.1 cm³/mol. The van der Waals surface area contributed by atoms with Gasteiger partial charge in [-0.2, -0.15) is 0 Å². The molecule has 0 N–H and O–H groups in total. The zero-order valence-electron chi connectivity index (χ0n) is 10.6. The second kappa shape index (κ2) is 5.17. The van der Waals surface area contributed by atoms with Crippen molar-refractivity contribution in [3.63, 3.8) is 0 Å². The van der Waals surface area contributed by atoms with Crippen LogP contribution in [0.1, 0.15) is 51.3 Å². The maximum Gasteiger partial charge on any atom is 0.296 e. The van der Waals surface area contributed by atoms with E-state index < -0.39 is 9.05 Å². The SMILES string of the molecule is CCCn1c(C2CCCC2C)nnc1S(=O)(=O)Cl. The minimum Gasteiger partial charge on any atom is -0.301 e. The van der Waals surface area contributed by atoms with Crippen LogP contribution in [0.3, 0.4) is 0 Å². The molecular formula is C11H18ClN3O2S. The van der Waals surface area contributed by atoms with E-state index in [1.165, 1.54) is 0 Å². The van der Waals surface area contributed by atoms with Crippen LogP contribution in [0.15, 0.2) is 5.16 Å². The molecule has 2 atom stereocenters. The Morgan fingerprint density at radius 2 is 2.11 bits per heavy atom. The third kappa shape index (κ3) is 2.54. The number of hydrogen-bond donors (Lipinski definition) is 0. The Morgan fingerprint density at radius 3 is 2.61 bits per heavy atom. The molecule has 0 bridgehead atoms. The molecule has 1 fully saturated rings. The summed E-state index contributed by atoms with van der Waals surface area (Å²) in [6.07, 6.45) is 4.19. The average Bonchev–Trinajstić information content (AvgIpc) is 2.84. The van der Waals surface area contributed by atoms with E-state index in [1.807, 2.05) is 6.92 Å². The van der Waals surface area contributed by atoms with E-state index in [0.29, 0.717) is 18.4 Å². The zero-order valence-corrected chi connectivity index (χ0v) is 12.2. The van der Waals surface area contributed by atoms with Crippen LogP contribution in [-0.2, 0) is 15.6 Å². The van der Waals surface area contributed by atoms with Gasteiger partial charge in [0.1, 0.15) is 5.82 Å². The fraction of sp³-hybridized carbons (Fsp3) is 0.818. The van der Waals surface area contributed by atoms with E-state index in [9.17, 15) is 8.42 Å². The van der Waals surface area contributed by atoms with Gasteiger partial charge in [0.2, 0.25) is 0 Å². The van der Waals surface area contributed by atoms with Crippen molar-refractivity contribution in [1.29, 1.82) is 0 Å². The van der Waals surface area contributed by atoms with Gasteiger partial charge in [-0.3, -0.25) is 0 Å². The van der Waals surface area contributed by atoms with E-state index in [2.05, 4.69) is 17.1 Å². The second-order valence-electron chi connectivity index (χ2n) is 4.94. The van der Waals surface area contributed by atoms with Gasteiger partial charge in [0, 0.05) is 23.1 Å². The van der Waals surface area contributed by atoms with Gasteiger partial charge < -0.3 is 4.57 Å². The molecule has 0 spiro atoms. The van der Waals surface area contributed by atoms with Crippen LogP contribution in [0.5, 0.6) is 0 Å². The first-order chi connectivity index (χ1) is 8.45. The van der Waals surface area contributed by atoms with Crippen molar-refractivity contribution in [3.8, 4) is 0 Å². The van der Waals surface area contributed by atoms with Gasteiger partial charge in [0.15, 0.2) is 0 Å². The lowest BCUT2D eigenvalue weighted by atomic mass is 9.97. The quantitative estimate of drug-likeness (QED) is 0.800. The fourth-order valence-electron chi connectivity index (χ4n) is 2.72. The van der Waals surface area contributed by atoms with Crippen molar-refractivity contribution in [2.75, 3.05) is 0 Å². The molecule has 0 radical (unpaired) electrons. The Balaban J connectivity index is 2.45. The highest BCUT2D eigenvalue weighted by atomic mass is 35.7. The maximum absolute atomic E-state index is 11.5. The van der Waals surface area contributed by atoms with Crippen LogP contribution < -0.4 is 0 Å². The Labute approximate surface area is 112 Å². The molecule has 18 heavy (non-hydrogen) atoms. The van der Waals surface area contributed by atoms with Crippen LogP contribution >= 0.6 is 10.7 Å². The molecule has 1 aromatic rings. The van der Waals surface area contributed by atoms with E-state index in [-0.39, 0.29) is 5.16 Å². The van der Waals surface area contributed by atoms with E-state index in [1.54, 1.807) is 4.57 Å². The van der Waals surface area contributed by atoms with Crippen molar-refractivity contribution in [3.05, 3.63) is 5.82 Å². The molecule has 1 aliphatic carbocycles. The lowest BCUT2D eigenvalue weighted by Gasteiger charge is -2.16. The summed E-state index contributed by atoms with van der Waals surface area (Å²) in [4.78, 5) is 0. The molecule has 1 aromatic heterocycles. The molecule has 2 rings (SSSR count). The Morgan fingerprint density at radius 1 is 1.39 bits per heavy atom. The van der Waals surface area contributed by atoms with Crippen LogP contribution in [0, 0.1) is 5.92 Å². The molecular weight excluding hydrogens is 274 g/mol. The molecule has 1 saturated carbocycles. The van der Waals surface area contributed by atoms with Gasteiger partial charge in [0.05, 0.1) is 0 Å². The average molecular weight is 292 g/mol. The van der Waals surface area contributed by atoms with Gasteiger partial charge in [-0.15, -0.1) is 10.2 Å². The molecule has 0 amide bonds. The van der Waals surface area contributed by atoms with Gasteiger partial charge in [-0.25, -0.2) is 8.42 Å². The van der Waals surface area contributed by atoms with Crippen LogP contribution in [0.4, 0.5) is 0 Å². The smallest absolute Gasteiger partial charge is 0.296 e. The van der Waals surface area contributed by atoms with Crippen LogP contribution in [0.2, 0.25) is 0 Å². The molecule has 102 valence electrons. The lowest BCUT2D eigenvalue weighted by Crippen LogP contribution is -2.14. The largest absolute Gasteiger partial charge is 0.301 e. The minimum absolute atomic E-state index is 0.111. The highest BCUT2D eigenvalue weighted by molar-refractivity contribution is 8.13. The number of halogens is 1. The number of hydrogen-bond acceptors (Lipinski definition) is 4. The molecule has 0 saturated heterocycles. The first kappa shape index (κ1) is 13.8. The number of rotatable bonds is 4. The van der Waals surface area contributed by atoms with Crippen LogP contribution in [-0.4, -0.2) is 23.2 Å². The summed E-state index contributed by atoms with van der Waals surface area (Å²) >= 11 is 0. The summed E-state index contributed by atoms with van der Waals surface area (Å²) in [5.74, 6) is 1.60. The highest BCUT2D eigenvalue weighted by Crippen LogP contribution is 2.39. The summed E-state index contributed by atoms with van der Waals surface area (Å²) in [6.45, 7) is 4.76. The molecule has 1 aliphatic rings. The fourth-order valence-corrected chi connectivity index (χ4v) is 3.65. The monoisotopic (exact) mass is 291 g/mol. The number of aromatic nitrogens is 3. The van der Waals surface area contributed by atoms with Gasteiger partial charge in [0.25, 0.3) is 14.2 Å². The van der Waals surface area contributed by atoms with Crippen molar-refractivity contribution in [1.82, 2.24) is 14.8 Å². The minimum atomic E-state index is -3.82. The zero-order chi connectivity index (χ0) is 13.3. The first-order valence-corrected chi connectivity index (χ1v) is 8.63. The van der Waals surface area contributed by atoms with Gasteiger partial charge in [-0.1, -0.05) is 20.3 Å². The molecule has 5 nitrogen and oxygen atoms in total.